The van der Waals surface area contributed by atoms with Crippen LogP contribution in [0, 0.1) is 5.92 Å². The van der Waals surface area contributed by atoms with Crippen LogP contribution in [0.1, 0.15) is 19.8 Å². The molecule has 1 heterocycles. The highest BCUT2D eigenvalue weighted by Gasteiger charge is 2.30. The van der Waals surface area contributed by atoms with Crippen molar-refractivity contribution in [1.82, 2.24) is 5.32 Å². The Kier molecular flexibility index (Phi) is 4.96. The van der Waals surface area contributed by atoms with E-state index in [9.17, 15) is 4.79 Å². The summed E-state index contributed by atoms with van der Waals surface area (Å²) in [7, 11) is 0. The maximum Gasteiger partial charge on any atom is 0.308 e. The normalized spacial score (nSPS) is 21.9. The molecule has 1 aliphatic rings. The first-order valence-electron chi connectivity index (χ1n) is 5.60. The van der Waals surface area contributed by atoms with Gasteiger partial charge in [-0.25, -0.2) is 0 Å². The number of nitrogens with two attached hydrogens (primary N) is 1. The molecule has 96 valence electrons. The molecule has 0 unspecified atom stereocenters. The van der Waals surface area contributed by atoms with E-state index >= 15 is 0 Å². The Balaban J connectivity index is 2.48. The quantitative estimate of drug-likeness (QED) is 0.477. The predicted molar refractivity (Wildman–Crippen MR) is 64.6 cm³/mol. The Morgan fingerprint density at radius 1 is 1.76 bits per heavy atom. The third-order valence-electron chi connectivity index (χ3n) is 2.81. The van der Waals surface area contributed by atoms with Crippen LogP contribution in [0.2, 0.25) is 0 Å². The lowest BCUT2D eigenvalue weighted by Crippen LogP contribution is -2.42. The van der Waals surface area contributed by atoms with Crippen molar-refractivity contribution in [2.24, 2.45) is 16.6 Å². The minimum atomic E-state index is -0.845. The van der Waals surface area contributed by atoms with E-state index in [2.05, 4.69) is 10.3 Å². The maximum absolute atomic E-state index is 11.1. The zero-order valence-corrected chi connectivity index (χ0v) is 9.89. The third-order valence-corrected chi connectivity index (χ3v) is 2.81. The molecule has 6 nitrogen and oxygen atoms in total. The molecule has 0 amide bonds. The lowest BCUT2D eigenvalue weighted by atomic mass is 9.94. The van der Waals surface area contributed by atoms with Crippen LogP contribution in [0.25, 0.3) is 0 Å². The first kappa shape index (κ1) is 13.5. The Morgan fingerprint density at radius 2 is 2.47 bits per heavy atom. The van der Waals surface area contributed by atoms with Gasteiger partial charge in [0.05, 0.1) is 25.1 Å². The molecule has 0 fully saturated rings. The summed E-state index contributed by atoms with van der Waals surface area (Å²) in [4.78, 5) is 15.1. The molecule has 0 aromatic rings. The van der Waals surface area contributed by atoms with Crippen LogP contribution in [-0.4, -0.2) is 41.3 Å². The van der Waals surface area contributed by atoms with Gasteiger partial charge in [-0.15, -0.1) is 0 Å². The largest absolute Gasteiger partial charge is 0.481 e. The van der Waals surface area contributed by atoms with E-state index in [1.165, 1.54) is 0 Å². The molecule has 6 heteroatoms. The van der Waals surface area contributed by atoms with Crippen LogP contribution in [0.5, 0.6) is 0 Å². The number of hydrogen-bond acceptors (Lipinski definition) is 5. The number of aliphatic carboxylic acids is 1. The van der Waals surface area contributed by atoms with Crippen molar-refractivity contribution in [2.45, 2.75) is 25.8 Å². The van der Waals surface area contributed by atoms with E-state index in [4.69, 9.17) is 15.9 Å². The highest BCUT2D eigenvalue weighted by atomic mass is 16.4. The van der Waals surface area contributed by atoms with Crippen LogP contribution >= 0.6 is 0 Å². The number of aliphatic hydroxyl groups is 1. The molecule has 5 N–H and O–H groups in total. The lowest BCUT2D eigenvalue weighted by Gasteiger charge is -2.18. The van der Waals surface area contributed by atoms with E-state index in [-0.39, 0.29) is 12.6 Å². The van der Waals surface area contributed by atoms with Crippen molar-refractivity contribution >= 4 is 11.9 Å². The van der Waals surface area contributed by atoms with Gasteiger partial charge in [0, 0.05) is 0 Å². The second-order valence-electron chi connectivity index (χ2n) is 4.21. The topological polar surface area (TPSA) is 108 Å². The number of nitrogens with one attached hydrogen (secondary N) is 1. The standard InChI is InChI=1S/C11H19N3O3/c1-7(6-15)3-2-4-8(10(16)17)9-5-13-11(12)14-9/h3,8-9,15H,2,4-6H2,1H3,(H,16,17)(H3,12,13,14)/b7-3-/t8-,9+/m1/s1. The lowest BCUT2D eigenvalue weighted by molar-refractivity contribution is -0.142. The number of aliphatic hydroxyl groups excluding tert-OH is 1. The average Bonchev–Trinajstić information content (AvgIpc) is 2.70. The summed E-state index contributed by atoms with van der Waals surface area (Å²) in [5, 5.41) is 20.8. The number of nitrogens with zero attached hydrogens (tertiary/aromatic N) is 1. The van der Waals surface area contributed by atoms with Crippen molar-refractivity contribution in [2.75, 3.05) is 13.2 Å². The molecule has 0 saturated heterocycles. The Labute approximate surface area is 100 Å². The number of carboxylic acid groups (broad SMARTS) is 1. The minimum Gasteiger partial charge on any atom is -0.481 e. The zero-order valence-electron chi connectivity index (χ0n) is 9.89. The molecule has 0 aromatic carbocycles. The summed E-state index contributed by atoms with van der Waals surface area (Å²) in [5.74, 6) is -1.05. The van der Waals surface area contributed by atoms with E-state index in [0.717, 1.165) is 5.57 Å². The minimum absolute atomic E-state index is 0.00940. The highest BCUT2D eigenvalue weighted by Crippen LogP contribution is 2.16. The van der Waals surface area contributed by atoms with Gasteiger partial charge in [0.2, 0.25) is 0 Å². The average molecular weight is 241 g/mol. The van der Waals surface area contributed by atoms with Gasteiger partial charge in [-0.2, -0.15) is 0 Å². The number of allylic oxidation sites excluding steroid dienone is 1. The molecular weight excluding hydrogens is 222 g/mol. The monoisotopic (exact) mass is 241 g/mol. The fraction of sp³-hybridized carbons (Fsp3) is 0.636. The summed E-state index contributed by atoms with van der Waals surface area (Å²) in [6.45, 7) is 2.23. The second-order valence-corrected chi connectivity index (χ2v) is 4.21. The van der Waals surface area contributed by atoms with Crippen molar-refractivity contribution in [1.29, 1.82) is 0 Å². The van der Waals surface area contributed by atoms with Crippen LogP contribution in [0.3, 0.4) is 0 Å². The highest BCUT2D eigenvalue weighted by molar-refractivity contribution is 5.81. The van der Waals surface area contributed by atoms with Crippen molar-refractivity contribution in [3.05, 3.63) is 11.6 Å². The molecular formula is C11H19N3O3. The predicted octanol–water partition coefficient (Wildman–Crippen LogP) is -0.307. The third kappa shape index (κ3) is 4.07. The Bertz CT molecular complexity index is 339. The summed E-state index contributed by atoms with van der Waals surface area (Å²) < 4.78 is 0. The molecule has 1 rings (SSSR count). The van der Waals surface area contributed by atoms with Crippen LogP contribution < -0.4 is 11.1 Å². The van der Waals surface area contributed by atoms with Crippen molar-refractivity contribution < 1.29 is 15.0 Å². The number of rotatable bonds is 6. The smallest absolute Gasteiger partial charge is 0.308 e. The molecule has 0 spiro atoms. The molecule has 0 bridgehead atoms. The maximum atomic E-state index is 11.1. The second kappa shape index (κ2) is 6.24. The number of hydrogen-bond donors (Lipinski definition) is 4. The van der Waals surface area contributed by atoms with Gasteiger partial charge in [-0.05, 0) is 19.8 Å². The molecule has 0 aromatic heterocycles. The van der Waals surface area contributed by atoms with Gasteiger partial charge < -0.3 is 21.3 Å². The van der Waals surface area contributed by atoms with E-state index < -0.39 is 11.9 Å². The van der Waals surface area contributed by atoms with Gasteiger partial charge in [0.25, 0.3) is 0 Å². The summed E-state index contributed by atoms with van der Waals surface area (Å²) in [5.41, 5.74) is 6.31. The molecule has 0 saturated carbocycles. The molecule has 0 radical (unpaired) electrons. The number of carboxylic acids is 1. The molecule has 2 atom stereocenters. The summed E-state index contributed by atoms with van der Waals surface area (Å²) in [6.07, 6.45) is 2.99. The first-order chi connectivity index (χ1) is 8.04. The van der Waals surface area contributed by atoms with Crippen molar-refractivity contribution in [3.63, 3.8) is 0 Å². The van der Waals surface area contributed by atoms with Gasteiger partial charge in [0.15, 0.2) is 5.96 Å². The zero-order chi connectivity index (χ0) is 12.8. The molecule has 0 aliphatic carbocycles. The Hall–Kier alpha value is -1.56. The number of carbonyl (C=O) groups is 1. The van der Waals surface area contributed by atoms with E-state index in [0.29, 0.717) is 25.3 Å². The fourth-order valence-electron chi connectivity index (χ4n) is 1.78. The first-order valence-corrected chi connectivity index (χ1v) is 5.60. The number of guanidine groups is 1. The Morgan fingerprint density at radius 3 is 2.94 bits per heavy atom. The van der Waals surface area contributed by atoms with E-state index in [1.807, 2.05) is 13.0 Å². The fourth-order valence-corrected chi connectivity index (χ4v) is 1.78. The van der Waals surface area contributed by atoms with Gasteiger partial charge in [0.1, 0.15) is 0 Å². The summed E-state index contributed by atoms with van der Waals surface area (Å²) in [6, 6.07) is -0.227. The van der Waals surface area contributed by atoms with Crippen LogP contribution in [0.15, 0.2) is 16.6 Å². The van der Waals surface area contributed by atoms with Gasteiger partial charge in [-0.1, -0.05) is 11.6 Å². The molecule has 1 aliphatic heterocycles. The van der Waals surface area contributed by atoms with Gasteiger partial charge >= 0.3 is 5.97 Å². The SMILES string of the molecule is C/C(=C/CC[C@@H](C(=O)O)[C@@H]1CN=C(N)N1)CO. The van der Waals surface area contributed by atoms with Crippen molar-refractivity contribution in [3.8, 4) is 0 Å². The summed E-state index contributed by atoms with van der Waals surface area (Å²) >= 11 is 0. The van der Waals surface area contributed by atoms with Crippen LogP contribution in [-0.2, 0) is 4.79 Å². The molecule has 17 heavy (non-hydrogen) atoms. The number of aliphatic imine (C=N–C) groups is 1. The van der Waals surface area contributed by atoms with Crippen LogP contribution in [0.4, 0.5) is 0 Å². The van der Waals surface area contributed by atoms with E-state index in [1.54, 1.807) is 0 Å². The van der Waals surface area contributed by atoms with Gasteiger partial charge in [-0.3, -0.25) is 9.79 Å².